The van der Waals surface area contributed by atoms with Crippen LogP contribution in [0.1, 0.15) is 10.4 Å². The van der Waals surface area contributed by atoms with Crippen molar-refractivity contribution in [2.75, 3.05) is 12.4 Å². The van der Waals surface area contributed by atoms with Gasteiger partial charge < -0.3 is 4.74 Å². The second-order valence-corrected chi connectivity index (χ2v) is 8.14. The monoisotopic (exact) mass is 393 g/mol. The molecule has 0 aliphatic carbocycles. The van der Waals surface area contributed by atoms with Crippen LogP contribution in [0.25, 0.3) is 21.0 Å². The second kappa shape index (κ2) is 7.90. The molecule has 0 atom stereocenters. The molecule has 0 spiro atoms. The van der Waals surface area contributed by atoms with Crippen LogP contribution in [0.3, 0.4) is 0 Å². The average molecular weight is 393 g/mol. The molecule has 1 aromatic heterocycles. The third-order valence-corrected chi connectivity index (χ3v) is 6.18. The van der Waals surface area contributed by atoms with Gasteiger partial charge in [0.15, 0.2) is 16.7 Å². The summed E-state index contributed by atoms with van der Waals surface area (Å²) in [6, 6.07) is 21.1. The summed E-state index contributed by atoms with van der Waals surface area (Å²) >= 11 is 2.86. The molecule has 0 amide bonds. The number of benzene rings is 3. The number of carbonyl (C=O) groups excluding carboxylic acids is 2. The molecule has 0 N–H and O–H groups in total. The van der Waals surface area contributed by atoms with Gasteiger partial charge in [-0.25, -0.2) is 4.98 Å². The van der Waals surface area contributed by atoms with Crippen LogP contribution in [0.15, 0.2) is 71.1 Å². The molecular weight excluding hydrogens is 378 g/mol. The molecule has 0 unspecified atom stereocenters. The summed E-state index contributed by atoms with van der Waals surface area (Å²) in [7, 11) is 0. The highest BCUT2D eigenvalue weighted by Crippen LogP contribution is 2.29. The van der Waals surface area contributed by atoms with Gasteiger partial charge in [0.25, 0.3) is 0 Å². The first-order valence-electron chi connectivity index (χ1n) is 8.35. The summed E-state index contributed by atoms with van der Waals surface area (Å²) in [5, 5.41) is 2.05. The number of carbonyl (C=O) groups is 2. The Kier molecular flexibility index (Phi) is 5.18. The predicted octanol–water partition coefficient (Wildman–Crippen LogP) is 4.97. The van der Waals surface area contributed by atoms with Crippen molar-refractivity contribution in [3.63, 3.8) is 0 Å². The van der Waals surface area contributed by atoms with Crippen molar-refractivity contribution in [3.8, 4) is 0 Å². The van der Waals surface area contributed by atoms with Crippen molar-refractivity contribution >= 4 is 55.8 Å². The standard InChI is InChI=1S/C21H15NO3S2/c23-18(16-10-9-14-5-1-2-6-15(14)11-16)12-25-20(24)13-26-21-22-17-7-3-4-8-19(17)27-21/h1-11H,12-13H2. The number of para-hydroxylation sites is 1. The summed E-state index contributed by atoms with van der Waals surface area (Å²) in [6.07, 6.45) is 0. The predicted molar refractivity (Wildman–Crippen MR) is 110 cm³/mol. The number of nitrogens with zero attached hydrogens (tertiary/aromatic N) is 1. The zero-order valence-corrected chi connectivity index (χ0v) is 15.9. The van der Waals surface area contributed by atoms with Gasteiger partial charge in [0.1, 0.15) is 0 Å². The van der Waals surface area contributed by atoms with E-state index in [0.717, 1.165) is 25.3 Å². The minimum Gasteiger partial charge on any atom is -0.457 e. The summed E-state index contributed by atoms with van der Waals surface area (Å²) in [6.45, 7) is -0.252. The first-order valence-corrected chi connectivity index (χ1v) is 10.2. The minimum absolute atomic E-state index is 0.130. The zero-order chi connectivity index (χ0) is 18.6. The quantitative estimate of drug-likeness (QED) is 0.263. The smallest absolute Gasteiger partial charge is 0.316 e. The largest absolute Gasteiger partial charge is 0.457 e. The highest BCUT2D eigenvalue weighted by Gasteiger charge is 2.12. The average Bonchev–Trinajstić information content (AvgIpc) is 3.13. The van der Waals surface area contributed by atoms with Crippen molar-refractivity contribution in [2.45, 2.75) is 4.34 Å². The first-order chi connectivity index (χ1) is 13.2. The highest BCUT2D eigenvalue weighted by atomic mass is 32.2. The Hall–Kier alpha value is -2.70. The van der Waals surface area contributed by atoms with Crippen molar-refractivity contribution in [2.24, 2.45) is 0 Å². The third kappa shape index (κ3) is 4.18. The number of hydrogen-bond acceptors (Lipinski definition) is 6. The van der Waals surface area contributed by atoms with E-state index in [0.29, 0.717) is 5.56 Å². The Labute approximate surface area is 164 Å². The van der Waals surface area contributed by atoms with Gasteiger partial charge in [-0.15, -0.1) is 11.3 Å². The summed E-state index contributed by atoms with van der Waals surface area (Å²) in [5.41, 5.74) is 1.46. The molecule has 0 bridgehead atoms. The Morgan fingerprint density at radius 3 is 2.59 bits per heavy atom. The number of ketones is 1. The molecule has 6 heteroatoms. The first kappa shape index (κ1) is 17.7. The molecule has 4 aromatic rings. The van der Waals surface area contributed by atoms with Gasteiger partial charge >= 0.3 is 5.97 Å². The van der Waals surface area contributed by atoms with Gasteiger partial charge in [0.05, 0.1) is 16.0 Å². The van der Waals surface area contributed by atoms with Crippen LogP contribution in [0.2, 0.25) is 0 Å². The molecule has 0 fully saturated rings. The number of ether oxygens (including phenoxy) is 1. The number of Topliss-reactive ketones (excluding diaryl/α,β-unsaturated/α-hetero) is 1. The van der Waals surface area contributed by atoms with Gasteiger partial charge in [-0.2, -0.15) is 0 Å². The van der Waals surface area contributed by atoms with Gasteiger partial charge in [-0.05, 0) is 29.0 Å². The molecule has 4 rings (SSSR count). The fraction of sp³-hybridized carbons (Fsp3) is 0.0952. The number of thioether (sulfide) groups is 1. The van der Waals surface area contributed by atoms with Crippen molar-refractivity contribution in [1.82, 2.24) is 4.98 Å². The van der Waals surface area contributed by atoms with Crippen molar-refractivity contribution < 1.29 is 14.3 Å². The number of thiazole rings is 1. The topological polar surface area (TPSA) is 56.3 Å². The normalized spacial score (nSPS) is 11.0. The Balaban J connectivity index is 1.32. The summed E-state index contributed by atoms with van der Waals surface area (Å²) in [5.74, 6) is -0.502. The van der Waals surface area contributed by atoms with E-state index in [4.69, 9.17) is 4.74 Å². The second-order valence-electron chi connectivity index (χ2n) is 5.88. The lowest BCUT2D eigenvalue weighted by atomic mass is 10.0. The van der Waals surface area contributed by atoms with Gasteiger partial charge in [0, 0.05) is 5.56 Å². The maximum absolute atomic E-state index is 12.3. The third-order valence-electron chi connectivity index (χ3n) is 4.02. The lowest BCUT2D eigenvalue weighted by molar-refractivity contribution is -0.139. The molecule has 0 aliphatic rings. The van der Waals surface area contributed by atoms with E-state index in [1.807, 2.05) is 60.7 Å². The van der Waals surface area contributed by atoms with E-state index < -0.39 is 5.97 Å². The van der Waals surface area contributed by atoms with Crippen LogP contribution >= 0.6 is 23.1 Å². The Morgan fingerprint density at radius 1 is 0.963 bits per heavy atom. The van der Waals surface area contributed by atoms with Gasteiger partial charge in [0.2, 0.25) is 0 Å². The van der Waals surface area contributed by atoms with Crippen molar-refractivity contribution in [3.05, 3.63) is 72.3 Å². The summed E-state index contributed by atoms with van der Waals surface area (Å²) < 4.78 is 7.03. The lowest BCUT2D eigenvalue weighted by Gasteiger charge is -2.05. The van der Waals surface area contributed by atoms with Crippen molar-refractivity contribution in [1.29, 1.82) is 0 Å². The van der Waals surface area contributed by atoms with Crippen LogP contribution in [0, 0.1) is 0 Å². The molecule has 27 heavy (non-hydrogen) atoms. The van der Waals surface area contributed by atoms with Crippen LogP contribution < -0.4 is 0 Å². The zero-order valence-electron chi connectivity index (χ0n) is 14.3. The molecular formula is C21H15NO3S2. The maximum atomic E-state index is 12.3. The van der Waals surface area contributed by atoms with E-state index in [2.05, 4.69) is 4.98 Å². The number of esters is 1. The van der Waals surface area contributed by atoms with E-state index in [1.54, 1.807) is 6.07 Å². The molecule has 0 saturated carbocycles. The Morgan fingerprint density at radius 2 is 1.74 bits per heavy atom. The van der Waals surface area contributed by atoms with E-state index in [1.165, 1.54) is 23.1 Å². The fourth-order valence-corrected chi connectivity index (χ4v) is 4.53. The Bertz CT molecular complexity index is 1100. The maximum Gasteiger partial charge on any atom is 0.316 e. The van der Waals surface area contributed by atoms with Crippen LogP contribution in [0.4, 0.5) is 0 Å². The van der Waals surface area contributed by atoms with Crippen LogP contribution in [-0.2, 0) is 9.53 Å². The molecule has 0 aliphatic heterocycles. The van der Waals surface area contributed by atoms with E-state index >= 15 is 0 Å². The number of hydrogen-bond donors (Lipinski definition) is 0. The molecule has 4 nitrogen and oxygen atoms in total. The number of aromatic nitrogens is 1. The van der Waals surface area contributed by atoms with E-state index in [9.17, 15) is 9.59 Å². The van der Waals surface area contributed by atoms with Crippen LogP contribution in [-0.4, -0.2) is 29.1 Å². The molecule has 3 aromatic carbocycles. The fourth-order valence-electron chi connectivity index (χ4n) is 2.67. The lowest BCUT2D eigenvalue weighted by Crippen LogP contribution is -2.15. The molecule has 134 valence electrons. The number of rotatable bonds is 6. The van der Waals surface area contributed by atoms with Gasteiger partial charge in [-0.3, -0.25) is 9.59 Å². The SMILES string of the molecule is O=C(CSc1nc2ccccc2s1)OCC(=O)c1ccc2ccccc2c1. The highest BCUT2D eigenvalue weighted by molar-refractivity contribution is 8.01. The molecule has 0 saturated heterocycles. The summed E-state index contributed by atoms with van der Waals surface area (Å²) in [4.78, 5) is 28.7. The van der Waals surface area contributed by atoms with Crippen LogP contribution in [0.5, 0.6) is 0 Å². The van der Waals surface area contributed by atoms with E-state index in [-0.39, 0.29) is 18.1 Å². The van der Waals surface area contributed by atoms with Gasteiger partial charge in [-0.1, -0.05) is 60.3 Å². The number of fused-ring (bicyclic) bond motifs is 2. The minimum atomic E-state index is -0.423. The molecule has 1 heterocycles. The molecule has 0 radical (unpaired) electrons.